The molecule has 1 heterocycles. The number of H-pyrrole nitrogens is 1. The molecule has 1 aromatic carbocycles. The lowest BCUT2D eigenvalue weighted by atomic mass is 10.1. The second-order valence-electron chi connectivity index (χ2n) is 4.83. The van der Waals surface area contributed by atoms with Gasteiger partial charge in [0.1, 0.15) is 0 Å². The zero-order valence-electron chi connectivity index (χ0n) is 12.0. The number of aliphatic hydroxyl groups excluding tert-OH is 1. The van der Waals surface area contributed by atoms with Gasteiger partial charge >= 0.3 is 0 Å². The van der Waals surface area contributed by atoms with Gasteiger partial charge in [-0.3, -0.25) is 4.79 Å². The maximum Gasteiger partial charge on any atom is 0.253 e. The van der Waals surface area contributed by atoms with Gasteiger partial charge < -0.3 is 10.0 Å². The topological polar surface area (TPSA) is 95.0 Å². The Bertz CT molecular complexity index is 571. The zero-order chi connectivity index (χ0) is 15.1. The summed E-state index contributed by atoms with van der Waals surface area (Å²) in [5.74, 6) is 0.430. The van der Waals surface area contributed by atoms with Crippen molar-refractivity contribution >= 4 is 5.91 Å². The number of nitrogens with zero attached hydrogens (tertiary/aromatic N) is 4. The summed E-state index contributed by atoms with van der Waals surface area (Å²) in [7, 11) is 1.78. The van der Waals surface area contributed by atoms with E-state index >= 15 is 0 Å². The smallest absolute Gasteiger partial charge is 0.253 e. The largest absolute Gasteiger partial charge is 0.396 e. The summed E-state index contributed by atoms with van der Waals surface area (Å²) in [5, 5.41) is 22.5. The van der Waals surface area contributed by atoms with Gasteiger partial charge in [-0.15, -0.1) is 10.2 Å². The molecule has 2 N–H and O–H groups in total. The van der Waals surface area contributed by atoms with Crippen LogP contribution in [0, 0.1) is 0 Å². The van der Waals surface area contributed by atoms with Gasteiger partial charge in [0.25, 0.3) is 5.91 Å². The van der Waals surface area contributed by atoms with Crippen LogP contribution in [0.5, 0.6) is 0 Å². The number of benzene rings is 1. The van der Waals surface area contributed by atoms with E-state index in [0.29, 0.717) is 17.9 Å². The number of carbonyl (C=O) groups is 1. The van der Waals surface area contributed by atoms with E-state index in [1.807, 2.05) is 6.07 Å². The fourth-order valence-corrected chi connectivity index (χ4v) is 2.03. The number of rotatable bonds is 7. The number of aliphatic hydroxyl groups is 1. The van der Waals surface area contributed by atoms with E-state index < -0.39 is 0 Å². The second-order valence-corrected chi connectivity index (χ2v) is 4.83. The van der Waals surface area contributed by atoms with E-state index in [9.17, 15) is 4.79 Å². The number of unbranched alkanes of at least 4 members (excludes halogenated alkanes) is 2. The SMILES string of the molecule is CN(CCCCCO)C(=O)c1cccc(-c2nn[nH]n2)c1. The van der Waals surface area contributed by atoms with Gasteiger partial charge in [0.2, 0.25) is 5.82 Å². The molecule has 0 bridgehead atoms. The number of aromatic nitrogens is 4. The van der Waals surface area contributed by atoms with E-state index in [4.69, 9.17) is 5.11 Å². The summed E-state index contributed by atoms with van der Waals surface area (Å²) in [5.41, 5.74) is 1.35. The van der Waals surface area contributed by atoms with Crippen molar-refractivity contribution in [3.05, 3.63) is 29.8 Å². The molecule has 2 rings (SSSR count). The number of hydrogen-bond acceptors (Lipinski definition) is 5. The standard InChI is InChI=1S/C14H19N5O2/c1-19(8-3-2-4-9-20)14(21)12-7-5-6-11(10-12)13-15-17-18-16-13/h5-7,10,20H,2-4,8-9H2,1H3,(H,15,16,17,18). The first-order valence-electron chi connectivity index (χ1n) is 6.92. The molecule has 0 aliphatic rings. The molecule has 0 aliphatic heterocycles. The molecule has 112 valence electrons. The summed E-state index contributed by atoms with van der Waals surface area (Å²) < 4.78 is 0. The van der Waals surface area contributed by atoms with Crippen LogP contribution in [0.1, 0.15) is 29.6 Å². The van der Waals surface area contributed by atoms with Crippen molar-refractivity contribution in [3.8, 4) is 11.4 Å². The number of aromatic amines is 1. The van der Waals surface area contributed by atoms with Crippen molar-refractivity contribution in [2.45, 2.75) is 19.3 Å². The van der Waals surface area contributed by atoms with Gasteiger partial charge in [-0.25, -0.2) is 0 Å². The minimum absolute atomic E-state index is 0.0376. The first kappa shape index (κ1) is 15.1. The maximum atomic E-state index is 12.3. The maximum absolute atomic E-state index is 12.3. The average Bonchev–Trinajstić information content (AvgIpc) is 3.05. The molecule has 7 nitrogen and oxygen atoms in total. The van der Waals surface area contributed by atoms with Gasteiger partial charge in [-0.1, -0.05) is 12.1 Å². The van der Waals surface area contributed by atoms with Crippen molar-refractivity contribution in [1.29, 1.82) is 0 Å². The van der Waals surface area contributed by atoms with Crippen LogP contribution in [0.2, 0.25) is 0 Å². The summed E-state index contributed by atoms with van der Waals surface area (Å²) >= 11 is 0. The third-order valence-corrected chi connectivity index (χ3v) is 3.21. The van der Waals surface area contributed by atoms with E-state index in [0.717, 1.165) is 24.8 Å². The third kappa shape index (κ3) is 4.09. The first-order valence-corrected chi connectivity index (χ1v) is 6.92. The molecule has 0 spiro atoms. The Hall–Kier alpha value is -2.28. The van der Waals surface area contributed by atoms with Crippen molar-refractivity contribution in [2.24, 2.45) is 0 Å². The molecule has 0 aliphatic carbocycles. The van der Waals surface area contributed by atoms with Crippen LogP contribution in [-0.2, 0) is 0 Å². The van der Waals surface area contributed by atoms with E-state index in [-0.39, 0.29) is 12.5 Å². The van der Waals surface area contributed by atoms with Crippen molar-refractivity contribution in [1.82, 2.24) is 25.5 Å². The van der Waals surface area contributed by atoms with Crippen LogP contribution >= 0.6 is 0 Å². The van der Waals surface area contributed by atoms with Gasteiger partial charge in [-0.2, -0.15) is 5.21 Å². The van der Waals surface area contributed by atoms with E-state index in [2.05, 4.69) is 20.6 Å². The Morgan fingerprint density at radius 3 is 2.90 bits per heavy atom. The lowest BCUT2D eigenvalue weighted by molar-refractivity contribution is 0.0792. The first-order chi connectivity index (χ1) is 10.2. The minimum atomic E-state index is -0.0376. The Morgan fingerprint density at radius 1 is 1.33 bits per heavy atom. The number of amides is 1. The number of hydrogen-bond donors (Lipinski definition) is 2. The van der Waals surface area contributed by atoms with Gasteiger partial charge in [0.15, 0.2) is 0 Å². The van der Waals surface area contributed by atoms with Crippen LogP contribution in [-0.4, -0.2) is 56.7 Å². The molecule has 0 fully saturated rings. The monoisotopic (exact) mass is 289 g/mol. The Morgan fingerprint density at radius 2 is 2.19 bits per heavy atom. The fraction of sp³-hybridized carbons (Fsp3) is 0.429. The van der Waals surface area contributed by atoms with Crippen molar-refractivity contribution in [3.63, 3.8) is 0 Å². The average molecular weight is 289 g/mol. The van der Waals surface area contributed by atoms with Crippen molar-refractivity contribution in [2.75, 3.05) is 20.2 Å². The van der Waals surface area contributed by atoms with Gasteiger partial charge in [-0.05, 0) is 36.6 Å². The molecule has 21 heavy (non-hydrogen) atoms. The molecule has 1 aromatic heterocycles. The summed E-state index contributed by atoms with van der Waals surface area (Å²) in [6.45, 7) is 0.871. The van der Waals surface area contributed by atoms with Gasteiger partial charge in [0, 0.05) is 31.3 Å². The molecule has 0 radical (unpaired) electrons. The molecule has 0 unspecified atom stereocenters. The van der Waals surface area contributed by atoms with Crippen LogP contribution in [0.25, 0.3) is 11.4 Å². The highest BCUT2D eigenvalue weighted by molar-refractivity contribution is 5.95. The molecule has 7 heteroatoms. The quantitative estimate of drug-likeness (QED) is 0.744. The summed E-state index contributed by atoms with van der Waals surface area (Å²) in [6.07, 6.45) is 2.57. The number of carbonyl (C=O) groups excluding carboxylic acids is 1. The minimum Gasteiger partial charge on any atom is -0.396 e. The highest BCUT2D eigenvalue weighted by atomic mass is 16.2. The van der Waals surface area contributed by atoms with Crippen molar-refractivity contribution < 1.29 is 9.90 Å². The lowest BCUT2D eigenvalue weighted by Gasteiger charge is -2.17. The summed E-state index contributed by atoms with van der Waals surface area (Å²) in [6, 6.07) is 7.18. The molecule has 0 saturated carbocycles. The van der Waals surface area contributed by atoms with Crippen LogP contribution < -0.4 is 0 Å². The zero-order valence-corrected chi connectivity index (χ0v) is 12.0. The van der Waals surface area contributed by atoms with E-state index in [1.165, 1.54) is 0 Å². The predicted octanol–water partition coefficient (Wildman–Crippen LogP) is 1.10. The molecular formula is C14H19N5O2. The molecular weight excluding hydrogens is 270 g/mol. The Balaban J connectivity index is 2.00. The van der Waals surface area contributed by atoms with Crippen LogP contribution in [0.4, 0.5) is 0 Å². The van der Waals surface area contributed by atoms with Gasteiger partial charge in [0.05, 0.1) is 0 Å². The fourth-order valence-electron chi connectivity index (χ4n) is 2.03. The normalized spacial score (nSPS) is 10.6. The summed E-state index contributed by atoms with van der Waals surface area (Å²) in [4.78, 5) is 14.0. The van der Waals surface area contributed by atoms with Crippen LogP contribution in [0.3, 0.4) is 0 Å². The Labute approximate surface area is 123 Å². The highest BCUT2D eigenvalue weighted by Crippen LogP contribution is 2.16. The number of nitrogens with one attached hydrogen (secondary N) is 1. The Kier molecular flexibility index (Phi) is 5.39. The molecule has 0 saturated heterocycles. The molecule has 0 atom stereocenters. The molecule has 2 aromatic rings. The predicted molar refractivity (Wildman–Crippen MR) is 77.5 cm³/mol. The van der Waals surface area contributed by atoms with Crippen LogP contribution in [0.15, 0.2) is 24.3 Å². The van der Waals surface area contributed by atoms with E-state index in [1.54, 1.807) is 30.1 Å². The third-order valence-electron chi connectivity index (χ3n) is 3.21. The molecule has 1 amide bonds. The lowest BCUT2D eigenvalue weighted by Crippen LogP contribution is -2.27. The highest BCUT2D eigenvalue weighted by Gasteiger charge is 2.13. The second kappa shape index (κ2) is 7.49. The number of tetrazole rings is 1.